The molecule has 1 unspecified atom stereocenters. The average Bonchev–Trinajstić information content (AvgIpc) is 1.94. The van der Waals surface area contributed by atoms with Gasteiger partial charge in [0.1, 0.15) is 0 Å². The van der Waals surface area contributed by atoms with Crippen LogP contribution in [-0.4, -0.2) is 43.3 Å². The second-order valence-electron chi connectivity index (χ2n) is 2.84. The molecule has 1 fully saturated rings. The molecule has 5 nitrogen and oxygen atoms in total. The molecule has 0 bridgehead atoms. The number of primary amides is 1. The summed E-state index contributed by atoms with van der Waals surface area (Å²) in [7, 11) is 0. The third kappa shape index (κ3) is 2.09. The molecule has 70 valence electrons. The topological polar surface area (TPSA) is 81.6 Å². The first-order valence-corrected chi connectivity index (χ1v) is 4.09. The molecule has 0 aliphatic carbocycles. The Morgan fingerprint density at radius 2 is 2.42 bits per heavy atom. The number of nitrogens with zero attached hydrogens (tertiary/aromatic N) is 1. The molecule has 0 saturated carbocycles. The van der Waals surface area contributed by atoms with E-state index in [2.05, 4.69) is 0 Å². The van der Waals surface area contributed by atoms with Gasteiger partial charge in [-0.05, 0) is 6.42 Å². The van der Waals surface area contributed by atoms with Crippen LogP contribution in [0.3, 0.4) is 0 Å². The van der Waals surface area contributed by atoms with Gasteiger partial charge in [-0.2, -0.15) is 0 Å². The first kappa shape index (κ1) is 9.28. The lowest BCUT2D eigenvalue weighted by atomic mass is 10.1. The number of carbonyl (C=O) groups is 1. The Morgan fingerprint density at radius 3 is 2.83 bits per heavy atom. The number of ether oxygens (including phenoxy) is 1. The predicted molar refractivity (Wildman–Crippen MR) is 44.6 cm³/mol. The lowest BCUT2D eigenvalue weighted by Gasteiger charge is -2.39. The van der Waals surface area contributed by atoms with Crippen LogP contribution in [0.1, 0.15) is 6.42 Å². The van der Waals surface area contributed by atoms with E-state index in [0.29, 0.717) is 19.8 Å². The van der Waals surface area contributed by atoms with Crippen molar-refractivity contribution >= 4 is 6.03 Å². The zero-order chi connectivity index (χ0) is 8.97. The van der Waals surface area contributed by atoms with E-state index < -0.39 is 0 Å². The number of hydrogen-bond donors (Lipinski definition) is 2. The van der Waals surface area contributed by atoms with Gasteiger partial charge in [-0.25, -0.2) is 4.79 Å². The van der Waals surface area contributed by atoms with Crippen LogP contribution in [0.5, 0.6) is 0 Å². The molecule has 0 aromatic heterocycles. The van der Waals surface area contributed by atoms with Gasteiger partial charge in [-0.1, -0.05) is 0 Å². The molecule has 0 aromatic carbocycles. The van der Waals surface area contributed by atoms with Crippen molar-refractivity contribution in [3.8, 4) is 0 Å². The lowest BCUT2D eigenvalue weighted by Crippen LogP contribution is -2.55. The van der Waals surface area contributed by atoms with Crippen molar-refractivity contribution in [3.63, 3.8) is 0 Å². The molecule has 0 aromatic rings. The van der Waals surface area contributed by atoms with Crippen molar-refractivity contribution < 1.29 is 9.53 Å². The minimum Gasteiger partial charge on any atom is -0.378 e. The Balaban J connectivity index is 2.12. The number of carbonyl (C=O) groups excluding carboxylic acids is 1. The fraction of sp³-hybridized carbons (Fsp3) is 0.857. The van der Waals surface area contributed by atoms with Crippen LogP contribution in [0, 0.1) is 0 Å². The quantitative estimate of drug-likeness (QED) is 0.541. The number of urea groups is 1. The van der Waals surface area contributed by atoms with E-state index in [0.717, 1.165) is 13.0 Å². The van der Waals surface area contributed by atoms with Crippen LogP contribution in [0.15, 0.2) is 0 Å². The van der Waals surface area contributed by atoms with Crippen LogP contribution in [0.25, 0.3) is 0 Å². The summed E-state index contributed by atoms with van der Waals surface area (Å²) in [6, 6.07) is -0.184. The van der Waals surface area contributed by atoms with Gasteiger partial charge >= 0.3 is 6.03 Å². The van der Waals surface area contributed by atoms with Gasteiger partial charge in [0.15, 0.2) is 0 Å². The normalized spacial score (nSPS) is 22.1. The van der Waals surface area contributed by atoms with E-state index >= 15 is 0 Å². The van der Waals surface area contributed by atoms with E-state index in [1.807, 2.05) is 0 Å². The van der Waals surface area contributed by atoms with E-state index in [4.69, 9.17) is 16.2 Å². The summed E-state index contributed by atoms with van der Waals surface area (Å²) in [5, 5.41) is 0. The summed E-state index contributed by atoms with van der Waals surface area (Å²) < 4.78 is 5.19. The Hall–Kier alpha value is -0.810. The third-order valence-electron chi connectivity index (χ3n) is 2.00. The van der Waals surface area contributed by atoms with Gasteiger partial charge in [0.2, 0.25) is 0 Å². The van der Waals surface area contributed by atoms with Gasteiger partial charge in [0.25, 0.3) is 0 Å². The summed E-state index contributed by atoms with van der Waals surface area (Å²) >= 11 is 0. The number of hydrogen-bond acceptors (Lipinski definition) is 3. The molecule has 1 rings (SSSR count). The molecular weight excluding hydrogens is 158 g/mol. The fourth-order valence-corrected chi connectivity index (χ4v) is 1.21. The van der Waals surface area contributed by atoms with Crippen LogP contribution in [0.2, 0.25) is 0 Å². The van der Waals surface area contributed by atoms with Crippen LogP contribution in [-0.2, 0) is 4.74 Å². The molecule has 1 aliphatic heterocycles. The molecule has 1 heterocycles. The first-order chi connectivity index (χ1) is 5.75. The second kappa shape index (κ2) is 4.27. The summed E-state index contributed by atoms with van der Waals surface area (Å²) in [6.45, 7) is 2.37. The maximum Gasteiger partial charge on any atom is 0.315 e. The lowest BCUT2D eigenvalue weighted by molar-refractivity contribution is 0.0332. The molecule has 1 atom stereocenters. The Morgan fingerprint density at radius 1 is 1.67 bits per heavy atom. The smallest absolute Gasteiger partial charge is 0.315 e. The first-order valence-electron chi connectivity index (χ1n) is 4.09. The molecule has 1 aliphatic rings. The molecule has 12 heavy (non-hydrogen) atoms. The number of likely N-dealkylation sites (tertiary alicyclic amines) is 1. The average molecular weight is 173 g/mol. The molecule has 1 saturated heterocycles. The highest BCUT2D eigenvalue weighted by molar-refractivity contribution is 5.73. The largest absolute Gasteiger partial charge is 0.378 e. The van der Waals surface area contributed by atoms with E-state index in [1.165, 1.54) is 0 Å². The summed E-state index contributed by atoms with van der Waals surface area (Å²) in [4.78, 5) is 12.3. The summed E-state index contributed by atoms with van der Waals surface area (Å²) in [5.41, 5.74) is 10.3. The van der Waals surface area contributed by atoms with Crippen molar-refractivity contribution in [2.45, 2.75) is 12.5 Å². The SMILES string of the molecule is NCCOCC1CCN1C(N)=O. The van der Waals surface area contributed by atoms with Crippen molar-refractivity contribution in [2.24, 2.45) is 11.5 Å². The highest BCUT2D eigenvalue weighted by Crippen LogP contribution is 2.16. The minimum atomic E-state index is -0.359. The maximum absolute atomic E-state index is 10.7. The molecule has 5 heteroatoms. The maximum atomic E-state index is 10.7. The second-order valence-corrected chi connectivity index (χ2v) is 2.84. The Labute approximate surface area is 71.6 Å². The van der Waals surface area contributed by atoms with Gasteiger partial charge in [-0.15, -0.1) is 0 Å². The Bertz CT molecular complexity index is 163. The van der Waals surface area contributed by atoms with Gasteiger partial charge in [0.05, 0.1) is 19.3 Å². The Kier molecular flexibility index (Phi) is 3.31. The van der Waals surface area contributed by atoms with Gasteiger partial charge < -0.3 is 21.1 Å². The van der Waals surface area contributed by atoms with Crippen LogP contribution < -0.4 is 11.5 Å². The van der Waals surface area contributed by atoms with Crippen molar-refractivity contribution in [1.82, 2.24) is 4.90 Å². The zero-order valence-electron chi connectivity index (χ0n) is 7.03. The van der Waals surface area contributed by atoms with Crippen molar-refractivity contribution in [1.29, 1.82) is 0 Å². The van der Waals surface area contributed by atoms with Crippen molar-refractivity contribution in [2.75, 3.05) is 26.3 Å². The van der Waals surface area contributed by atoms with Gasteiger partial charge in [-0.3, -0.25) is 0 Å². The van der Waals surface area contributed by atoms with Crippen molar-refractivity contribution in [3.05, 3.63) is 0 Å². The standard InChI is InChI=1S/C7H15N3O2/c8-2-4-12-5-6-1-3-10(6)7(9)11/h6H,1-5,8H2,(H2,9,11). The van der Waals surface area contributed by atoms with E-state index in [-0.39, 0.29) is 12.1 Å². The van der Waals surface area contributed by atoms with Crippen LogP contribution >= 0.6 is 0 Å². The summed E-state index contributed by atoms with van der Waals surface area (Å²) in [5.74, 6) is 0. The van der Waals surface area contributed by atoms with E-state index in [1.54, 1.807) is 4.90 Å². The number of rotatable bonds is 4. The third-order valence-corrected chi connectivity index (χ3v) is 2.00. The van der Waals surface area contributed by atoms with E-state index in [9.17, 15) is 4.79 Å². The predicted octanol–water partition coefficient (Wildman–Crippen LogP) is -0.885. The highest BCUT2D eigenvalue weighted by atomic mass is 16.5. The highest BCUT2D eigenvalue weighted by Gasteiger charge is 2.30. The minimum absolute atomic E-state index is 0.175. The molecule has 2 amide bonds. The molecule has 4 N–H and O–H groups in total. The molecule has 0 spiro atoms. The number of amides is 2. The molecular formula is C7H15N3O2. The fourth-order valence-electron chi connectivity index (χ4n) is 1.21. The van der Waals surface area contributed by atoms with Gasteiger partial charge in [0, 0.05) is 13.1 Å². The monoisotopic (exact) mass is 173 g/mol. The summed E-state index contributed by atoms with van der Waals surface area (Å²) in [6.07, 6.45) is 0.980. The number of nitrogens with two attached hydrogens (primary N) is 2. The van der Waals surface area contributed by atoms with Crippen LogP contribution in [0.4, 0.5) is 4.79 Å². The zero-order valence-corrected chi connectivity index (χ0v) is 7.03. The molecule has 0 radical (unpaired) electrons.